The van der Waals surface area contributed by atoms with Crippen molar-refractivity contribution in [2.75, 3.05) is 50.0 Å². The minimum Gasteiger partial charge on any atom is -0.496 e. The molecule has 0 atom stereocenters. The molecule has 23 heavy (non-hydrogen) atoms. The second-order valence-electron chi connectivity index (χ2n) is 6.36. The Balaban J connectivity index is 2.13. The van der Waals surface area contributed by atoms with Crippen LogP contribution in [-0.4, -0.2) is 35.3 Å². The van der Waals surface area contributed by atoms with E-state index in [2.05, 4.69) is 86.2 Å². The van der Waals surface area contributed by atoms with Crippen molar-refractivity contribution in [3.05, 3.63) is 47.5 Å². The molecule has 0 radical (unpaired) electrons. The normalized spacial score (nSPS) is 14.2. The van der Waals surface area contributed by atoms with Crippen LogP contribution in [0.3, 0.4) is 0 Å². The average molecular weight is 311 g/mol. The molecule has 0 saturated heterocycles. The summed E-state index contributed by atoms with van der Waals surface area (Å²) in [5.74, 6) is 0.935. The van der Waals surface area contributed by atoms with E-state index in [-0.39, 0.29) is 6.17 Å². The molecule has 0 saturated carbocycles. The topological polar surface area (TPSA) is 19.0 Å². The number of nitrogens with zero attached hydrogens (tertiary/aromatic N) is 3. The Hall–Kier alpha value is -2.36. The Morgan fingerprint density at radius 3 is 2.04 bits per heavy atom. The summed E-state index contributed by atoms with van der Waals surface area (Å²) in [4.78, 5) is 6.74. The maximum absolute atomic E-state index is 5.74. The predicted octanol–water partition coefficient (Wildman–Crippen LogP) is 3.65. The van der Waals surface area contributed by atoms with E-state index < -0.39 is 0 Å². The van der Waals surface area contributed by atoms with Crippen LogP contribution in [0.4, 0.5) is 17.1 Å². The third-order valence-corrected chi connectivity index (χ3v) is 4.70. The highest BCUT2D eigenvalue weighted by Gasteiger charge is 2.35. The van der Waals surface area contributed by atoms with Gasteiger partial charge in [0.2, 0.25) is 0 Å². The van der Waals surface area contributed by atoms with E-state index in [1.807, 2.05) is 0 Å². The molecule has 0 N–H and O–H groups in total. The van der Waals surface area contributed by atoms with E-state index in [4.69, 9.17) is 4.74 Å². The molecule has 0 spiro atoms. The van der Waals surface area contributed by atoms with Crippen LogP contribution in [0.1, 0.15) is 17.3 Å². The van der Waals surface area contributed by atoms with Crippen LogP contribution in [0.5, 0.6) is 5.75 Å². The van der Waals surface area contributed by atoms with E-state index in [1.54, 1.807) is 7.11 Å². The number of hydrogen-bond acceptors (Lipinski definition) is 4. The molecule has 1 heterocycles. The smallest absolute Gasteiger partial charge is 0.131 e. The molecular formula is C19H25N3O. The first-order chi connectivity index (χ1) is 11.0. The molecule has 122 valence electrons. The minimum absolute atomic E-state index is 0.138. The first-order valence-electron chi connectivity index (χ1n) is 7.86. The van der Waals surface area contributed by atoms with Crippen molar-refractivity contribution in [3.63, 3.8) is 0 Å². The van der Waals surface area contributed by atoms with Crippen molar-refractivity contribution in [1.82, 2.24) is 0 Å². The van der Waals surface area contributed by atoms with Gasteiger partial charge in [-0.1, -0.05) is 12.1 Å². The van der Waals surface area contributed by atoms with Gasteiger partial charge in [0.05, 0.1) is 18.5 Å². The van der Waals surface area contributed by atoms with Gasteiger partial charge in [-0.2, -0.15) is 0 Å². The number of aryl methyl sites for hydroxylation is 1. The molecule has 4 heteroatoms. The van der Waals surface area contributed by atoms with Crippen molar-refractivity contribution in [3.8, 4) is 5.75 Å². The van der Waals surface area contributed by atoms with Gasteiger partial charge in [-0.3, -0.25) is 0 Å². The van der Waals surface area contributed by atoms with Crippen LogP contribution >= 0.6 is 0 Å². The van der Waals surface area contributed by atoms with Crippen molar-refractivity contribution in [2.45, 2.75) is 13.1 Å². The minimum atomic E-state index is 0.138. The third kappa shape index (κ3) is 2.38. The van der Waals surface area contributed by atoms with E-state index in [9.17, 15) is 0 Å². The standard InChI is InChI=1S/C19H25N3O/c1-13-11-14(20(2)3)12-17(23-6)18(13)19-21(4)15-9-7-8-10-16(15)22(19)5/h7-12,19H,1-6H3. The van der Waals surface area contributed by atoms with Crippen molar-refractivity contribution >= 4 is 17.1 Å². The highest BCUT2D eigenvalue weighted by Crippen LogP contribution is 2.47. The Labute approximate surface area is 138 Å². The van der Waals surface area contributed by atoms with E-state index in [0.29, 0.717) is 0 Å². The Morgan fingerprint density at radius 1 is 1.00 bits per heavy atom. The van der Waals surface area contributed by atoms with Gasteiger partial charge in [-0.25, -0.2) is 0 Å². The molecule has 0 aromatic heterocycles. The maximum Gasteiger partial charge on any atom is 0.131 e. The lowest BCUT2D eigenvalue weighted by molar-refractivity contribution is 0.404. The average Bonchev–Trinajstić information content (AvgIpc) is 2.79. The van der Waals surface area contributed by atoms with Gasteiger partial charge in [0.15, 0.2) is 0 Å². The lowest BCUT2D eigenvalue weighted by Gasteiger charge is -2.31. The lowest BCUT2D eigenvalue weighted by Crippen LogP contribution is -2.31. The molecule has 0 unspecified atom stereocenters. The summed E-state index contributed by atoms with van der Waals surface area (Å²) in [6.07, 6.45) is 0.138. The number of ether oxygens (including phenoxy) is 1. The number of anilines is 3. The van der Waals surface area contributed by atoms with Crippen molar-refractivity contribution < 1.29 is 4.74 Å². The fourth-order valence-electron chi connectivity index (χ4n) is 3.48. The second-order valence-corrected chi connectivity index (χ2v) is 6.36. The fraction of sp³-hybridized carbons (Fsp3) is 0.368. The summed E-state index contributed by atoms with van der Waals surface area (Å²) in [5, 5.41) is 0. The third-order valence-electron chi connectivity index (χ3n) is 4.70. The maximum atomic E-state index is 5.74. The van der Waals surface area contributed by atoms with Crippen molar-refractivity contribution in [1.29, 1.82) is 0 Å². The van der Waals surface area contributed by atoms with Gasteiger partial charge >= 0.3 is 0 Å². The van der Waals surface area contributed by atoms with Gasteiger partial charge in [0, 0.05) is 45.5 Å². The first-order valence-corrected chi connectivity index (χ1v) is 7.86. The zero-order valence-electron chi connectivity index (χ0n) is 14.8. The molecule has 4 nitrogen and oxygen atoms in total. The van der Waals surface area contributed by atoms with Crippen LogP contribution in [0.25, 0.3) is 0 Å². The molecule has 3 rings (SSSR count). The summed E-state index contributed by atoms with van der Waals surface area (Å²) in [6.45, 7) is 2.16. The molecule has 2 aromatic rings. The number of para-hydroxylation sites is 2. The van der Waals surface area contributed by atoms with Crippen LogP contribution in [0.2, 0.25) is 0 Å². The number of fused-ring (bicyclic) bond motifs is 1. The molecular weight excluding hydrogens is 286 g/mol. The lowest BCUT2D eigenvalue weighted by atomic mass is 10.0. The van der Waals surface area contributed by atoms with E-state index in [1.165, 1.54) is 22.5 Å². The monoisotopic (exact) mass is 311 g/mol. The number of rotatable bonds is 3. The van der Waals surface area contributed by atoms with Crippen LogP contribution in [0.15, 0.2) is 36.4 Å². The SMILES string of the molecule is COc1cc(N(C)C)cc(C)c1C1N(C)c2ccccc2N1C. The number of hydrogen-bond donors (Lipinski definition) is 0. The summed E-state index contributed by atoms with van der Waals surface area (Å²) >= 11 is 0. The van der Waals surface area contributed by atoms with E-state index in [0.717, 1.165) is 11.4 Å². The van der Waals surface area contributed by atoms with Gasteiger partial charge in [-0.15, -0.1) is 0 Å². The highest BCUT2D eigenvalue weighted by molar-refractivity contribution is 5.78. The van der Waals surface area contributed by atoms with Gasteiger partial charge < -0.3 is 19.4 Å². The molecule has 0 bridgehead atoms. The number of benzene rings is 2. The predicted molar refractivity (Wildman–Crippen MR) is 98.0 cm³/mol. The van der Waals surface area contributed by atoms with Gasteiger partial charge in [0.1, 0.15) is 11.9 Å². The van der Waals surface area contributed by atoms with Crippen molar-refractivity contribution in [2.24, 2.45) is 0 Å². The Bertz CT molecular complexity index is 698. The molecule has 0 amide bonds. The fourth-order valence-corrected chi connectivity index (χ4v) is 3.48. The summed E-state index contributed by atoms with van der Waals surface area (Å²) in [5.41, 5.74) is 6.11. The Morgan fingerprint density at radius 2 is 1.57 bits per heavy atom. The van der Waals surface area contributed by atoms with Gasteiger partial charge in [0.25, 0.3) is 0 Å². The second kappa shape index (κ2) is 5.69. The number of methoxy groups -OCH3 is 1. The molecule has 1 aliphatic heterocycles. The molecule has 1 aliphatic rings. The first kappa shape index (κ1) is 15.5. The van der Waals surface area contributed by atoms with Crippen LogP contribution in [-0.2, 0) is 0 Å². The van der Waals surface area contributed by atoms with Gasteiger partial charge in [-0.05, 0) is 30.7 Å². The molecule has 0 aliphatic carbocycles. The quantitative estimate of drug-likeness (QED) is 0.861. The molecule has 2 aromatic carbocycles. The van der Waals surface area contributed by atoms with Crippen LogP contribution < -0.4 is 19.4 Å². The summed E-state index contributed by atoms with van der Waals surface area (Å²) in [6, 6.07) is 12.9. The zero-order valence-corrected chi connectivity index (χ0v) is 14.8. The summed E-state index contributed by atoms with van der Waals surface area (Å²) < 4.78 is 5.74. The zero-order chi connectivity index (χ0) is 16.7. The Kier molecular flexibility index (Phi) is 3.84. The van der Waals surface area contributed by atoms with E-state index >= 15 is 0 Å². The molecule has 0 fully saturated rings. The highest BCUT2D eigenvalue weighted by atomic mass is 16.5. The van der Waals surface area contributed by atoms with Crippen LogP contribution in [0, 0.1) is 6.92 Å². The summed E-state index contributed by atoms with van der Waals surface area (Å²) in [7, 11) is 10.1. The largest absolute Gasteiger partial charge is 0.496 e.